The maximum Gasteiger partial charge on any atom is 0.335 e. The van der Waals surface area contributed by atoms with Gasteiger partial charge < -0.3 is 20.0 Å². The van der Waals surface area contributed by atoms with Crippen LogP contribution in [0.3, 0.4) is 0 Å². The number of amides is 1. The van der Waals surface area contributed by atoms with Crippen molar-refractivity contribution in [3.8, 4) is 11.4 Å². The molecule has 1 saturated heterocycles. The summed E-state index contributed by atoms with van der Waals surface area (Å²) in [6.07, 6.45) is -0.530. The number of aromatic nitrogens is 2. The van der Waals surface area contributed by atoms with Gasteiger partial charge in [0.05, 0.1) is 11.1 Å². The number of fused-ring (bicyclic) bond motifs is 1. The average molecular weight is 449 g/mol. The molecule has 3 aromatic rings. The first kappa shape index (κ1) is 22.7. The van der Waals surface area contributed by atoms with Gasteiger partial charge >= 0.3 is 5.97 Å². The molecule has 4 rings (SSSR count). The molecule has 1 fully saturated rings. The van der Waals surface area contributed by atoms with Gasteiger partial charge in [-0.15, -0.1) is 0 Å². The highest BCUT2D eigenvalue weighted by Crippen LogP contribution is 2.29. The number of rotatable bonds is 6. The highest BCUT2D eigenvalue weighted by molar-refractivity contribution is 5.97. The summed E-state index contributed by atoms with van der Waals surface area (Å²) in [5, 5.41) is 20.4. The molecule has 0 radical (unpaired) electrons. The summed E-state index contributed by atoms with van der Waals surface area (Å²) in [4.78, 5) is 37.4. The van der Waals surface area contributed by atoms with E-state index >= 15 is 0 Å². The van der Waals surface area contributed by atoms with Gasteiger partial charge in [0, 0.05) is 37.1 Å². The Hall–Kier alpha value is -3.52. The van der Waals surface area contributed by atoms with Crippen LogP contribution in [-0.2, 0) is 4.79 Å². The van der Waals surface area contributed by atoms with E-state index in [-0.39, 0.29) is 17.4 Å². The predicted molar refractivity (Wildman–Crippen MR) is 126 cm³/mol. The van der Waals surface area contributed by atoms with Gasteiger partial charge in [0.1, 0.15) is 11.9 Å². The van der Waals surface area contributed by atoms with E-state index < -0.39 is 12.1 Å². The summed E-state index contributed by atoms with van der Waals surface area (Å²) in [5.74, 6) is 0.235. The molecule has 0 unspecified atom stereocenters. The number of carbonyl (C=O) groups is 2. The Morgan fingerprint density at radius 1 is 1.00 bits per heavy atom. The van der Waals surface area contributed by atoms with Crippen molar-refractivity contribution in [2.45, 2.75) is 26.4 Å². The van der Waals surface area contributed by atoms with Gasteiger partial charge in [-0.3, -0.25) is 4.79 Å². The van der Waals surface area contributed by atoms with Crippen LogP contribution in [0.1, 0.15) is 30.6 Å². The Kier molecular flexibility index (Phi) is 6.55. The maximum atomic E-state index is 12.6. The number of carboxylic acid groups (broad SMARTS) is 1. The number of aromatic carboxylic acids is 1. The summed E-state index contributed by atoms with van der Waals surface area (Å²) in [6.45, 7) is 6.03. The molecule has 8 nitrogen and oxygen atoms in total. The highest BCUT2D eigenvalue weighted by atomic mass is 16.4. The third-order valence-corrected chi connectivity index (χ3v) is 5.83. The van der Waals surface area contributed by atoms with Gasteiger partial charge in [-0.1, -0.05) is 44.2 Å². The Morgan fingerprint density at radius 3 is 2.33 bits per heavy atom. The van der Waals surface area contributed by atoms with Gasteiger partial charge in [0.25, 0.3) is 5.91 Å². The molecule has 2 aromatic carbocycles. The van der Waals surface area contributed by atoms with Crippen molar-refractivity contribution in [3.63, 3.8) is 0 Å². The van der Waals surface area contributed by atoms with E-state index in [4.69, 9.17) is 4.98 Å². The quantitative estimate of drug-likeness (QED) is 0.597. The number of benzene rings is 2. The first-order chi connectivity index (χ1) is 15.8. The van der Waals surface area contributed by atoms with Crippen molar-refractivity contribution in [1.29, 1.82) is 0 Å². The van der Waals surface area contributed by atoms with E-state index in [0.29, 0.717) is 49.8 Å². The van der Waals surface area contributed by atoms with Crippen LogP contribution in [0, 0.1) is 5.92 Å². The zero-order chi connectivity index (χ0) is 23.5. The van der Waals surface area contributed by atoms with E-state index in [1.54, 1.807) is 23.1 Å². The molecular formula is C25H28N4O4. The van der Waals surface area contributed by atoms with Gasteiger partial charge in [-0.05, 0) is 30.5 Å². The van der Waals surface area contributed by atoms with E-state index in [9.17, 15) is 19.8 Å². The second-order valence-corrected chi connectivity index (χ2v) is 8.73. The van der Waals surface area contributed by atoms with Crippen molar-refractivity contribution in [3.05, 3.63) is 54.1 Å². The fourth-order valence-electron chi connectivity index (χ4n) is 4.10. The molecule has 172 valence electrons. The van der Waals surface area contributed by atoms with Crippen molar-refractivity contribution >= 4 is 28.6 Å². The van der Waals surface area contributed by atoms with Gasteiger partial charge in [0.15, 0.2) is 5.82 Å². The summed E-state index contributed by atoms with van der Waals surface area (Å²) in [7, 11) is 0. The minimum atomic E-state index is -1.01. The summed E-state index contributed by atoms with van der Waals surface area (Å²) >= 11 is 0. The molecule has 0 aliphatic carbocycles. The lowest BCUT2D eigenvalue weighted by molar-refractivity contribution is -0.141. The number of nitrogens with zero attached hydrogens (tertiary/aromatic N) is 4. The number of aliphatic hydroxyl groups excluding tert-OH is 1. The predicted octanol–water partition coefficient (Wildman–Crippen LogP) is 3.05. The Bertz CT molecular complexity index is 1160. The largest absolute Gasteiger partial charge is 0.478 e. The molecule has 2 heterocycles. The number of hydrogen-bond acceptors (Lipinski definition) is 6. The highest BCUT2D eigenvalue weighted by Gasteiger charge is 2.28. The molecule has 33 heavy (non-hydrogen) atoms. The molecule has 1 amide bonds. The summed E-state index contributed by atoms with van der Waals surface area (Å²) in [5.41, 5.74) is 1.57. The minimum absolute atomic E-state index is 0.167. The minimum Gasteiger partial charge on any atom is -0.478 e. The molecule has 2 N–H and O–H groups in total. The number of anilines is 1. The zero-order valence-corrected chi connectivity index (χ0v) is 18.8. The fourth-order valence-corrected chi connectivity index (χ4v) is 4.10. The molecule has 0 bridgehead atoms. The third kappa shape index (κ3) is 4.96. The van der Waals surface area contributed by atoms with Crippen LogP contribution in [0.25, 0.3) is 22.3 Å². The van der Waals surface area contributed by atoms with Crippen molar-refractivity contribution in [2.75, 3.05) is 31.1 Å². The molecular weight excluding hydrogens is 420 g/mol. The van der Waals surface area contributed by atoms with Crippen LogP contribution in [0.15, 0.2) is 48.5 Å². The standard InChI is InChI=1S/C25H28N4O4/c1-16(2)14-21(30)24(31)29-12-10-28(11-13-29)23-19-9-8-18(25(32)33)15-20(19)26-22(27-23)17-6-4-3-5-7-17/h3-9,15-16,21,30H,10-14H2,1-2H3,(H,32,33)/t21-/m1/s1. The lowest BCUT2D eigenvalue weighted by Crippen LogP contribution is -2.52. The lowest BCUT2D eigenvalue weighted by atomic mass is 10.0. The van der Waals surface area contributed by atoms with Crippen molar-refractivity contribution in [2.24, 2.45) is 5.92 Å². The number of carbonyl (C=O) groups excluding carboxylic acids is 1. The van der Waals surface area contributed by atoms with E-state index in [1.807, 2.05) is 44.2 Å². The number of carboxylic acids is 1. The maximum absolute atomic E-state index is 12.6. The van der Waals surface area contributed by atoms with Gasteiger partial charge in [0.2, 0.25) is 0 Å². The van der Waals surface area contributed by atoms with Crippen LogP contribution in [-0.4, -0.2) is 69.2 Å². The Labute approximate surface area is 192 Å². The zero-order valence-electron chi connectivity index (χ0n) is 18.8. The molecule has 0 saturated carbocycles. The molecule has 1 aromatic heterocycles. The number of hydrogen-bond donors (Lipinski definition) is 2. The van der Waals surface area contributed by atoms with Crippen molar-refractivity contribution < 1.29 is 19.8 Å². The van der Waals surface area contributed by atoms with Gasteiger partial charge in [-0.25, -0.2) is 14.8 Å². The molecule has 1 aliphatic heterocycles. The molecule has 1 atom stereocenters. The topological polar surface area (TPSA) is 107 Å². The number of aliphatic hydroxyl groups is 1. The van der Waals surface area contributed by atoms with E-state index in [1.165, 1.54) is 0 Å². The van der Waals surface area contributed by atoms with E-state index in [0.717, 1.165) is 10.9 Å². The smallest absolute Gasteiger partial charge is 0.335 e. The summed E-state index contributed by atoms with van der Waals surface area (Å²) in [6, 6.07) is 14.4. The lowest BCUT2D eigenvalue weighted by Gasteiger charge is -2.37. The second kappa shape index (κ2) is 9.54. The van der Waals surface area contributed by atoms with E-state index in [2.05, 4.69) is 9.88 Å². The van der Waals surface area contributed by atoms with Crippen molar-refractivity contribution in [1.82, 2.24) is 14.9 Å². The normalized spacial score (nSPS) is 15.2. The molecule has 8 heteroatoms. The van der Waals surface area contributed by atoms with Gasteiger partial charge in [-0.2, -0.15) is 0 Å². The SMILES string of the molecule is CC(C)C[C@@H](O)C(=O)N1CCN(c2nc(-c3ccccc3)nc3cc(C(=O)O)ccc23)CC1. The first-order valence-corrected chi connectivity index (χ1v) is 11.2. The second-order valence-electron chi connectivity index (χ2n) is 8.73. The molecule has 0 spiro atoms. The third-order valence-electron chi connectivity index (χ3n) is 5.83. The monoisotopic (exact) mass is 448 g/mol. The first-order valence-electron chi connectivity index (χ1n) is 11.2. The fraction of sp³-hybridized carbons (Fsp3) is 0.360. The van der Waals surface area contributed by atoms with Crippen LogP contribution in [0.2, 0.25) is 0 Å². The van der Waals surface area contributed by atoms with Crippen LogP contribution in [0.4, 0.5) is 5.82 Å². The van der Waals surface area contributed by atoms with Crippen LogP contribution < -0.4 is 4.90 Å². The Balaban J connectivity index is 1.64. The average Bonchev–Trinajstić information content (AvgIpc) is 2.82. The Morgan fingerprint density at radius 2 is 1.70 bits per heavy atom. The summed E-state index contributed by atoms with van der Waals surface area (Å²) < 4.78 is 0. The van der Waals surface area contributed by atoms with Crippen LogP contribution in [0.5, 0.6) is 0 Å². The number of piperazine rings is 1. The molecule has 1 aliphatic rings. The van der Waals surface area contributed by atoms with Crippen LogP contribution >= 0.6 is 0 Å².